The highest BCUT2D eigenvalue weighted by Crippen LogP contribution is 2.33. The van der Waals surface area contributed by atoms with E-state index in [4.69, 9.17) is 0 Å². The Kier molecular flexibility index (Phi) is 10.3. The van der Waals surface area contributed by atoms with Crippen LogP contribution >= 0.6 is 37.2 Å². The molecule has 27 heavy (non-hydrogen) atoms. The predicted octanol–water partition coefficient (Wildman–Crippen LogP) is 2.91. The number of hydrogen-bond donors (Lipinski definition) is 1. The number of piperidine rings is 1. The van der Waals surface area contributed by atoms with Crippen molar-refractivity contribution in [3.8, 4) is 0 Å². The number of carbonyl (C=O) groups excluding carboxylic acids is 1. The van der Waals surface area contributed by atoms with E-state index in [0.717, 1.165) is 44.8 Å². The third kappa shape index (κ3) is 6.47. The Labute approximate surface area is 180 Å². The normalized spacial score (nSPS) is 27.1. The second kappa shape index (κ2) is 11.4. The maximum absolute atomic E-state index is 12.6. The van der Waals surface area contributed by atoms with Crippen LogP contribution in [0.5, 0.6) is 0 Å². The third-order valence-electron chi connectivity index (χ3n) is 5.87. The predicted molar refractivity (Wildman–Crippen MR) is 115 cm³/mol. The third-order valence-corrected chi connectivity index (χ3v) is 5.87. The van der Waals surface area contributed by atoms with E-state index in [2.05, 4.69) is 26.2 Å². The molecule has 3 aliphatic rings. The fourth-order valence-corrected chi connectivity index (χ4v) is 4.59. The average molecular weight is 438 g/mol. The lowest BCUT2D eigenvalue weighted by atomic mass is 9.89. The van der Waals surface area contributed by atoms with Gasteiger partial charge in [-0.2, -0.15) is 0 Å². The number of nitrogens with one attached hydrogen (secondary N) is 1. The summed E-state index contributed by atoms with van der Waals surface area (Å²) in [5, 5.41) is 3.66. The number of halogens is 3. The SMILES string of the molecule is Cl.Cl.Cl.O=C(CC1CC2CCC(C1)N2)N1CCN(Cc2ccccn2)CC1. The summed E-state index contributed by atoms with van der Waals surface area (Å²) in [6, 6.07) is 7.41. The molecule has 1 N–H and O–H groups in total. The Morgan fingerprint density at radius 1 is 1.04 bits per heavy atom. The van der Waals surface area contributed by atoms with Crippen LogP contribution in [0.3, 0.4) is 0 Å². The molecule has 1 amide bonds. The van der Waals surface area contributed by atoms with Gasteiger partial charge in [-0.25, -0.2) is 0 Å². The molecule has 8 heteroatoms. The van der Waals surface area contributed by atoms with Crippen molar-refractivity contribution in [2.24, 2.45) is 5.92 Å². The summed E-state index contributed by atoms with van der Waals surface area (Å²) >= 11 is 0. The summed E-state index contributed by atoms with van der Waals surface area (Å²) in [6.07, 6.45) is 7.61. The van der Waals surface area contributed by atoms with Crippen LogP contribution in [0.1, 0.15) is 37.8 Å². The van der Waals surface area contributed by atoms with E-state index < -0.39 is 0 Å². The van der Waals surface area contributed by atoms with Crippen LogP contribution in [0.25, 0.3) is 0 Å². The number of nitrogens with zero attached hydrogens (tertiary/aromatic N) is 3. The Morgan fingerprint density at radius 3 is 2.30 bits per heavy atom. The van der Waals surface area contributed by atoms with Crippen molar-refractivity contribution in [3.05, 3.63) is 30.1 Å². The van der Waals surface area contributed by atoms with Crippen LogP contribution in [-0.2, 0) is 11.3 Å². The van der Waals surface area contributed by atoms with Crippen molar-refractivity contribution in [1.29, 1.82) is 0 Å². The molecule has 2 atom stereocenters. The van der Waals surface area contributed by atoms with Gasteiger partial charge in [-0.1, -0.05) is 6.07 Å². The summed E-state index contributed by atoms with van der Waals surface area (Å²) in [5.41, 5.74) is 1.11. The summed E-state index contributed by atoms with van der Waals surface area (Å²) in [7, 11) is 0. The highest BCUT2D eigenvalue weighted by Gasteiger charge is 2.35. The number of aromatic nitrogens is 1. The molecule has 0 saturated carbocycles. The maximum atomic E-state index is 12.6. The van der Waals surface area contributed by atoms with Crippen molar-refractivity contribution in [2.75, 3.05) is 26.2 Å². The van der Waals surface area contributed by atoms with E-state index in [-0.39, 0.29) is 37.2 Å². The fraction of sp³-hybridized carbons (Fsp3) is 0.684. The molecule has 4 heterocycles. The zero-order chi connectivity index (χ0) is 16.4. The van der Waals surface area contributed by atoms with E-state index >= 15 is 0 Å². The van der Waals surface area contributed by atoms with Gasteiger partial charge in [0.15, 0.2) is 0 Å². The second-order valence-electron chi connectivity index (χ2n) is 7.66. The molecule has 1 aromatic rings. The van der Waals surface area contributed by atoms with Gasteiger partial charge in [0.25, 0.3) is 0 Å². The van der Waals surface area contributed by atoms with E-state index in [9.17, 15) is 4.79 Å². The van der Waals surface area contributed by atoms with Crippen molar-refractivity contribution in [3.63, 3.8) is 0 Å². The number of rotatable bonds is 4. The monoisotopic (exact) mass is 436 g/mol. The summed E-state index contributed by atoms with van der Waals surface area (Å²) in [4.78, 5) is 21.5. The van der Waals surface area contributed by atoms with Gasteiger partial charge in [0.05, 0.1) is 5.69 Å². The van der Waals surface area contributed by atoms with E-state index in [1.54, 1.807) is 0 Å². The zero-order valence-electron chi connectivity index (χ0n) is 15.6. The molecular formula is C19H31Cl3N4O. The molecule has 2 unspecified atom stereocenters. The van der Waals surface area contributed by atoms with Gasteiger partial charge in [0.1, 0.15) is 0 Å². The molecule has 0 aromatic carbocycles. The molecule has 0 aliphatic carbocycles. The molecule has 0 radical (unpaired) electrons. The Morgan fingerprint density at radius 2 is 1.70 bits per heavy atom. The number of piperazine rings is 1. The lowest BCUT2D eigenvalue weighted by Crippen LogP contribution is -2.49. The first-order chi connectivity index (χ1) is 11.8. The number of pyridine rings is 1. The molecule has 4 rings (SSSR count). The first-order valence-corrected chi connectivity index (χ1v) is 9.42. The molecule has 154 valence electrons. The molecule has 5 nitrogen and oxygen atoms in total. The van der Waals surface area contributed by atoms with Gasteiger partial charge < -0.3 is 10.2 Å². The molecule has 3 aliphatic heterocycles. The number of hydrogen-bond acceptors (Lipinski definition) is 4. The first kappa shape index (κ1) is 24.4. The molecule has 2 bridgehead atoms. The molecule has 1 aromatic heterocycles. The van der Waals surface area contributed by atoms with Crippen molar-refractivity contribution < 1.29 is 4.79 Å². The van der Waals surface area contributed by atoms with Crippen LogP contribution < -0.4 is 5.32 Å². The maximum Gasteiger partial charge on any atom is 0.222 e. The molecule has 3 fully saturated rings. The summed E-state index contributed by atoms with van der Waals surface area (Å²) in [6.45, 7) is 4.53. The summed E-state index contributed by atoms with van der Waals surface area (Å²) < 4.78 is 0. The number of carbonyl (C=O) groups is 1. The van der Waals surface area contributed by atoms with Gasteiger partial charge in [-0.3, -0.25) is 14.7 Å². The van der Waals surface area contributed by atoms with Crippen LogP contribution in [0.4, 0.5) is 0 Å². The Hall–Kier alpha value is -0.590. The first-order valence-electron chi connectivity index (χ1n) is 9.42. The molecule has 0 spiro atoms. The van der Waals surface area contributed by atoms with Crippen LogP contribution in [-0.4, -0.2) is 59.0 Å². The zero-order valence-corrected chi connectivity index (χ0v) is 18.0. The largest absolute Gasteiger partial charge is 0.340 e. The van der Waals surface area contributed by atoms with Crippen LogP contribution in [0.2, 0.25) is 0 Å². The lowest BCUT2D eigenvalue weighted by molar-refractivity contribution is -0.134. The fourth-order valence-electron chi connectivity index (χ4n) is 4.59. The minimum atomic E-state index is 0. The number of amides is 1. The highest BCUT2D eigenvalue weighted by molar-refractivity contribution is 5.86. The molecular weight excluding hydrogens is 407 g/mol. The minimum Gasteiger partial charge on any atom is -0.340 e. The Bertz CT molecular complexity index is 557. The second-order valence-corrected chi connectivity index (χ2v) is 7.66. The highest BCUT2D eigenvalue weighted by atomic mass is 35.5. The van der Waals surface area contributed by atoms with E-state index in [1.807, 2.05) is 18.3 Å². The van der Waals surface area contributed by atoms with Gasteiger partial charge in [0.2, 0.25) is 5.91 Å². The van der Waals surface area contributed by atoms with Crippen LogP contribution in [0, 0.1) is 5.92 Å². The van der Waals surface area contributed by atoms with E-state index in [1.165, 1.54) is 25.7 Å². The standard InChI is InChI=1S/C19H28N4O.3ClH/c24-19(13-15-11-16-4-5-17(12-15)21-16)23-9-7-22(8-10-23)14-18-3-1-2-6-20-18;;;/h1-3,6,15-17,21H,4-5,7-14H2;3*1H. The van der Waals surface area contributed by atoms with Crippen molar-refractivity contribution in [1.82, 2.24) is 20.1 Å². The van der Waals surface area contributed by atoms with Gasteiger partial charge >= 0.3 is 0 Å². The Balaban J connectivity index is 0.00000121. The number of fused-ring (bicyclic) bond motifs is 2. The van der Waals surface area contributed by atoms with Gasteiger partial charge in [-0.05, 0) is 43.7 Å². The van der Waals surface area contributed by atoms with Crippen LogP contribution in [0.15, 0.2) is 24.4 Å². The minimum absolute atomic E-state index is 0. The quantitative estimate of drug-likeness (QED) is 0.787. The van der Waals surface area contributed by atoms with Gasteiger partial charge in [0, 0.05) is 57.4 Å². The lowest BCUT2D eigenvalue weighted by Gasteiger charge is -2.36. The van der Waals surface area contributed by atoms with E-state index in [0.29, 0.717) is 23.9 Å². The molecule has 3 saturated heterocycles. The van der Waals surface area contributed by atoms with Gasteiger partial charge in [-0.15, -0.1) is 37.2 Å². The average Bonchev–Trinajstić information content (AvgIpc) is 2.95. The smallest absolute Gasteiger partial charge is 0.222 e. The summed E-state index contributed by atoms with van der Waals surface area (Å²) in [5.74, 6) is 0.974. The van der Waals surface area contributed by atoms with Crippen molar-refractivity contribution >= 4 is 43.1 Å². The van der Waals surface area contributed by atoms with Crippen molar-refractivity contribution in [2.45, 2.75) is 50.7 Å². The topological polar surface area (TPSA) is 48.5 Å².